The van der Waals surface area contributed by atoms with Gasteiger partial charge in [0.15, 0.2) is 0 Å². The van der Waals surface area contributed by atoms with Crippen LogP contribution in [0.3, 0.4) is 0 Å². The van der Waals surface area contributed by atoms with Gasteiger partial charge in [-0.15, -0.1) is 0 Å². The van der Waals surface area contributed by atoms with Crippen LogP contribution in [0.2, 0.25) is 0 Å². The van der Waals surface area contributed by atoms with Crippen LogP contribution in [0.15, 0.2) is 24.5 Å². The van der Waals surface area contributed by atoms with E-state index in [0.29, 0.717) is 31.8 Å². The first-order valence-electron chi connectivity index (χ1n) is 9.97. The second-order valence-electron chi connectivity index (χ2n) is 8.45. The zero-order chi connectivity index (χ0) is 19.9. The Kier molecular flexibility index (Phi) is 8.05. The van der Waals surface area contributed by atoms with Crippen LogP contribution in [0.4, 0.5) is 4.79 Å². The third-order valence-electron chi connectivity index (χ3n) is 5.18. The van der Waals surface area contributed by atoms with E-state index in [1.54, 1.807) is 17.3 Å². The van der Waals surface area contributed by atoms with Crippen LogP contribution in [0.25, 0.3) is 0 Å². The van der Waals surface area contributed by atoms with Crippen LogP contribution in [0, 0.1) is 5.92 Å². The zero-order valence-corrected chi connectivity index (χ0v) is 16.8. The molecule has 2 heterocycles. The summed E-state index contributed by atoms with van der Waals surface area (Å²) in [5, 5.41) is 20.0. The lowest BCUT2D eigenvalue weighted by atomic mass is 9.85. The molecule has 1 aliphatic rings. The van der Waals surface area contributed by atoms with Gasteiger partial charge in [0, 0.05) is 38.0 Å². The summed E-state index contributed by atoms with van der Waals surface area (Å²) in [6.45, 7) is 7.11. The van der Waals surface area contributed by atoms with Gasteiger partial charge in [-0.25, -0.2) is 4.79 Å². The van der Waals surface area contributed by atoms with Gasteiger partial charge in [0.25, 0.3) is 0 Å². The topological polar surface area (TPSA) is 82.9 Å². The summed E-state index contributed by atoms with van der Waals surface area (Å²) in [6.07, 6.45) is 6.77. The Bertz CT molecular complexity index is 565. The molecule has 2 N–H and O–H groups in total. The Hall–Kier alpha value is -1.66. The Morgan fingerprint density at radius 1 is 1.26 bits per heavy atom. The summed E-state index contributed by atoms with van der Waals surface area (Å²) in [5.41, 5.74) is 0.554. The predicted octanol–water partition coefficient (Wildman–Crippen LogP) is 3.34. The highest BCUT2D eigenvalue weighted by Gasteiger charge is 2.28. The first-order valence-corrected chi connectivity index (χ1v) is 9.97. The number of aliphatic hydroxyl groups is 2. The van der Waals surface area contributed by atoms with Crippen molar-refractivity contribution in [2.45, 2.75) is 70.5 Å². The SMILES string of the molecule is CC(C)(C)OC(=O)N1CCC(CCC(O)C(CCO)c2ccncc2)CC1. The smallest absolute Gasteiger partial charge is 0.410 e. The minimum absolute atomic E-state index is 0.0539. The van der Waals surface area contributed by atoms with Crippen molar-refractivity contribution in [3.8, 4) is 0 Å². The largest absolute Gasteiger partial charge is 0.444 e. The first kappa shape index (κ1) is 21.6. The third-order valence-corrected chi connectivity index (χ3v) is 5.18. The summed E-state index contributed by atoms with van der Waals surface area (Å²) in [5.74, 6) is 0.436. The van der Waals surface area contributed by atoms with Gasteiger partial charge in [-0.1, -0.05) is 0 Å². The molecule has 27 heavy (non-hydrogen) atoms. The van der Waals surface area contributed by atoms with Crippen molar-refractivity contribution < 1.29 is 19.7 Å². The fourth-order valence-corrected chi connectivity index (χ4v) is 3.67. The molecule has 1 aliphatic heterocycles. The molecule has 0 bridgehead atoms. The molecule has 6 nitrogen and oxygen atoms in total. The molecule has 1 amide bonds. The number of likely N-dealkylation sites (tertiary alicyclic amines) is 1. The van der Waals surface area contributed by atoms with E-state index in [4.69, 9.17) is 4.74 Å². The maximum absolute atomic E-state index is 12.1. The summed E-state index contributed by atoms with van der Waals surface area (Å²) in [6, 6.07) is 3.81. The molecule has 1 aromatic rings. The molecular weight excluding hydrogens is 344 g/mol. The second-order valence-corrected chi connectivity index (χ2v) is 8.45. The van der Waals surface area contributed by atoms with E-state index in [-0.39, 0.29) is 18.6 Å². The Balaban J connectivity index is 1.79. The average molecular weight is 379 g/mol. The van der Waals surface area contributed by atoms with E-state index in [1.165, 1.54) is 0 Å². The van der Waals surface area contributed by atoms with Gasteiger partial charge in [-0.2, -0.15) is 0 Å². The van der Waals surface area contributed by atoms with Gasteiger partial charge in [0.1, 0.15) is 5.60 Å². The summed E-state index contributed by atoms with van der Waals surface area (Å²) < 4.78 is 5.44. The standard InChI is InChI=1S/C21H34N2O4/c1-21(2,3)27-20(26)23-13-8-16(9-14-23)4-5-19(25)18(10-15-24)17-6-11-22-12-7-17/h6-7,11-12,16,18-19,24-25H,4-5,8-10,13-15H2,1-3H3. The lowest BCUT2D eigenvalue weighted by Crippen LogP contribution is -2.41. The van der Waals surface area contributed by atoms with Crippen LogP contribution >= 0.6 is 0 Å². The molecule has 2 rings (SSSR count). The number of ether oxygens (including phenoxy) is 1. The van der Waals surface area contributed by atoms with E-state index < -0.39 is 11.7 Å². The van der Waals surface area contributed by atoms with Crippen molar-refractivity contribution in [2.75, 3.05) is 19.7 Å². The van der Waals surface area contributed by atoms with Gasteiger partial charge in [-0.3, -0.25) is 4.98 Å². The van der Waals surface area contributed by atoms with Crippen molar-refractivity contribution >= 4 is 6.09 Å². The number of hydrogen-bond acceptors (Lipinski definition) is 5. The normalized spacial score (nSPS) is 18.2. The molecule has 6 heteroatoms. The number of pyridine rings is 1. The molecule has 0 saturated carbocycles. The molecule has 2 unspecified atom stereocenters. The minimum atomic E-state index is -0.483. The highest BCUT2D eigenvalue weighted by molar-refractivity contribution is 5.68. The number of carbonyl (C=O) groups excluding carboxylic acids is 1. The van der Waals surface area contributed by atoms with Crippen molar-refractivity contribution in [1.29, 1.82) is 0 Å². The van der Waals surface area contributed by atoms with Crippen LogP contribution in [-0.4, -0.2) is 57.6 Å². The molecular formula is C21H34N2O4. The van der Waals surface area contributed by atoms with Crippen LogP contribution in [0.5, 0.6) is 0 Å². The molecule has 1 saturated heterocycles. The van der Waals surface area contributed by atoms with E-state index >= 15 is 0 Å². The predicted molar refractivity (Wildman–Crippen MR) is 104 cm³/mol. The maximum Gasteiger partial charge on any atom is 0.410 e. The van der Waals surface area contributed by atoms with Crippen molar-refractivity contribution in [1.82, 2.24) is 9.88 Å². The van der Waals surface area contributed by atoms with Crippen LogP contribution in [0.1, 0.15) is 64.4 Å². The van der Waals surface area contributed by atoms with E-state index in [2.05, 4.69) is 4.98 Å². The second kappa shape index (κ2) is 10.0. The highest BCUT2D eigenvalue weighted by atomic mass is 16.6. The molecule has 152 valence electrons. The molecule has 0 spiro atoms. The fraction of sp³-hybridized carbons (Fsp3) is 0.714. The zero-order valence-electron chi connectivity index (χ0n) is 16.8. The Labute approximate surface area is 162 Å². The molecule has 0 radical (unpaired) electrons. The Morgan fingerprint density at radius 2 is 1.89 bits per heavy atom. The molecule has 1 aromatic heterocycles. The van der Waals surface area contributed by atoms with Gasteiger partial charge in [0.05, 0.1) is 6.10 Å². The summed E-state index contributed by atoms with van der Waals surface area (Å²) in [4.78, 5) is 17.9. The average Bonchev–Trinajstić information content (AvgIpc) is 2.64. The quantitative estimate of drug-likeness (QED) is 0.760. The van der Waals surface area contributed by atoms with E-state index in [9.17, 15) is 15.0 Å². The van der Waals surface area contributed by atoms with E-state index in [0.717, 1.165) is 24.8 Å². The van der Waals surface area contributed by atoms with Gasteiger partial charge >= 0.3 is 6.09 Å². The van der Waals surface area contributed by atoms with Gasteiger partial charge in [-0.05, 0) is 76.5 Å². The van der Waals surface area contributed by atoms with E-state index in [1.807, 2.05) is 32.9 Å². The number of hydrogen-bond donors (Lipinski definition) is 2. The number of rotatable bonds is 7. The summed E-state index contributed by atoms with van der Waals surface area (Å²) in [7, 11) is 0. The lowest BCUT2D eigenvalue weighted by molar-refractivity contribution is 0.0172. The van der Waals surface area contributed by atoms with Crippen LogP contribution in [-0.2, 0) is 4.74 Å². The van der Waals surface area contributed by atoms with Gasteiger partial charge < -0.3 is 19.8 Å². The number of amides is 1. The van der Waals surface area contributed by atoms with Crippen LogP contribution < -0.4 is 0 Å². The molecule has 2 atom stereocenters. The molecule has 1 fully saturated rings. The fourth-order valence-electron chi connectivity index (χ4n) is 3.67. The number of piperidine rings is 1. The van der Waals surface area contributed by atoms with Crippen molar-refractivity contribution in [3.63, 3.8) is 0 Å². The molecule has 0 aliphatic carbocycles. The minimum Gasteiger partial charge on any atom is -0.444 e. The molecule has 0 aromatic carbocycles. The monoisotopic (exact) mass is 378 g/mol. The van der Waals surface area contributed by atoms with Crippen molar-refractivity contribution in [3.05, 3.63) is 30.1 Å². The Morgan fingerprint density at radius 3 is 2.44 bits per heavy atom. The number of aliphatic hydroxyl groups excluding tert-OH is 2. The van der Waals surface area contributed by atoms with Gasteiger partial charge in [0.2, 0.25) is 0 Å². The van der Waals surface area contributed by atoms with Crippen molar-refractivity contribution in [2.24, 2.45) is 5.92 Å². The number of carbonyl (C=O) groups is 1. The first-order chi connectivity index (χ1) is 12.8. The third kappa shape index (κ3) is 7.11. The highest BCUT2D eigenvalue weighted by Crippen LogP contribution is 2.29. The number of aromatic nitrogens is 1. The number of nitrogens with zero attached hydrogens (tertiary/aromatic N) is 2. The maximum atomic E-state index is 12.1. The summed E-state index contributed by atoms with van der Waals surface area (Å²) >= 11 is 0. The lowest BCUT2D eigenvalue weighted by Gasteiger charge is -2.34.